The largest absolute Gasteiger partial charge is 0.353 e. The monoisotopic (exact) mass is 443 g/mol. The second-order valence-electron chi connectivity index (χ2n) is 8.72. The highest BCUT2D eigenvalue weighted by Crippen LogP contribution is 2.36. The Hall–Kier alpha value is -3.88. The molecule has 0 spiro atoms. The molecule has 33 heavy (non-hydrogen) atoms. The Morgan fingerprint density at radius 1 is 1.06 bits per heavy atom. The molecule has 2 aromatic carbocycles. The highest BCUT2D eigenvalue weighted by molar-refractivity contribution is 5.98. The second kappa shape index (κ2) is 7.61. The number of aryl methyl sites for hydroxylation is 1. The molecular weight excluding hydrogens is 421 g/mol. The number of hydrogen-bond acceptors (Lipinski definition) is 6. The smallest absolute Gasteiger partial charge is 0.256 e. The predicted molar refractivity (Wildman–Crippen MR) is 121 cm³/mol. The van der Waals surface area contributed by atoms with Crippen molar-refractivity contribution in [3.05, 3.63) is 71.9 Å². The van der Waals surface area contributed by atoms with Crippen LogP contribution in [0.5, 0.6) is 0 Å². The van der Waals surface area contributed by atoms with Gasteiger partial charge >= 0.3 is 0 Å². The van der Waals surface area contributed by atoms with Crippen molar-refractivity contribution in [2.75, 3.05) is 24.5 Å². The summed E-state index contributed by atoms with van der Waals surface area (Å²) in [7, 11) is 0. The summed E-state index contributed by atoms with van der Waals surface area (Å²) >= 11 is 0. The number of benzene rings is 2. The number of hydrogen-bond donors (Lipinski definition) is 0. The molecule has 1 amide bonds. The number of amides is 1. The zero-order valence-corrected chi connectivity index (χ0v) is 18.1. The lowest BCUT2D eigenvalue weighted by molar-refractivity contribution is 0.00777. The number of halogens is 1. The van der Waals surface area contributed by atoms with Crippen LogP contribution < -0.4 is 4.90 Å². The first-order chi connectivity index (χ1) is 16.1. The molecular formula is C24H22FN7O. The highest BCUT2D eigenvalue weighted by Gasteiger charge is 2.46. The van der Waals surface area contributed by atoms with Crippen molar-refractivity contribution < 1.29 is 9.18 Å². The third-order valence-electron chi connectivity index (χ3n) is 6.65. The first-order valence-electron chi connectivity index (χ1n) is 11.0. The van der Waals surface area contributed by atoms with Crippen molar-refractivity contribution in [2.24, 2.45) is 5.92 Å². The summed E-state index contributed by atoms with van der Waals surface area (Å²) in [6, 6.07) is 10.3. The fourth-order valence-electron chi connectivity index (χ4n) is 4.85. The van der Waals surface area contributed by atoms with E-state index in [2.05, 4.69) is 25.1 Å². The molecule has 8 nitrogen and oxygen atoms in total. The maximum atomic E-state index is 13.6. The van der Waals surface area contributed by atoms with Crippen LogP contribution in [0, 0.1) is 18.7 Å². The minimum Gasteiger partial charge on any atom is -0.353 e. The lowest BCUT2D eigenvalue weighted by atomic mass is 9.81. The quantitative estimate of drug-likeness (QED) is 0.484. The van der Waals surface area contributed by atoms with Gasteiger partial charge in [0, 0.05) is 31.6 Å². The van der Waals surface area contributed by atoms with Gasteiger partial charge in [0.05, 0.1) is 46.9 Å². The van der Waals surface area contributed by atoms with E-state index in [0.29, 0.717) is 34.7 Å². The zero-order chi connectivity index (χ0) is 22.5. The molecule has 0 bridgehead atoms. The number of carbonyl (C=O) groups excluding carboxylic acids is 1. The lowest BCUT2D eigenvalue weighted by Gasteiger charge is -2.53. The van der Waals surface area contributed by atoms with Crippen molar-refractivity contribution in [2.45, 2.75) is 19.4 Å². The van der Waals surface area contributed by atoms with Gasteiger partial charge < -0.3 is 9.80 Å². The Balaban J connectivity index is 1.26. The summed E-state index contributed by atoms with van der Waals surface area (Å²) in [5.74, 6) is 0.900. The van der Waals surface area contributed by atoms with E-state index in [1.807, 2.05) is 30.0 Å². The van der Waals surface area contributed by atoms with E-state index in [4.69, 9.17) is 0 Å². The number of piperidine rings is 1. The summed E-state index contributed by atoms with van der Waals surface area (Å²) in [4.78, 5) is 28.3. The predicted octanol–water partition coefficient (Wildman–Crippen LogP) is 3.01. The molecule has 166 valence electrons. The van der Waals surface area contributed by atoms with Gasteiger partial charge in [0.1, 0.15) is 11.6 Å². The molecule has 0 radical (unpaired) electrons. The lowest BCUT2D eigenvalue weighted by Crippen LogP contribution is -2.66. The van der Waals surface area contributed by atoms with Crippen LogP contribution in [0.1, 0.15) is 22.3 Å². The number of likely N-dealkylation sites (tertiary alicyclic amines) is 1. The minimum atomic E-state index is -0.324. The van der Waals surface area contributed by atoms with Crippen molar-refractivity contribution in [1.29, 1.82) is 0 Å². The van der Waals surface area contributed by atoms with Gasteiger partial charge in [0.25, 0.3) is 5.91 Å². The minimum absolute atomic E-state index is 0.00540. The fraction of sp³-hybridized carbons (Fsp3) is 0.292. The SMILES string of the molecule is Cc1ccc(-n2nccn2)c(C(=O)N2C[C@H]3CCN(c4cnc5cc(F)ccc5n4)C[C@H]32)c1. The normalized spacial score (nSPS) is 19.9. The van der Waals surface area contributed by atoms with Gasteiger partial charge in [-0.15, -0.1) is 0 Å². The first-order valence-corrected chi connectivity index (χ1v) is 11.0. The Labute approximate surface area is 189 Å². The van der Waals surface area contributed by atoms with Gasteiger partial charge in [0.15, 0.2) is 0 Å². The molecule has 2 aliphatic heterocycles. The summed E-state index contributed by atoms with van der Waals surface area (Å²) in [6.07, 6.45) is 5.88. The van der Waals surface area contributed by atoms with Crippen molar-refractivity contribution >= 4 is 22.8 Å². The maximum absolute atomic E-state index is 13.6. The van der Waals surface area contributed by atoms with E-state index in [1.165, 1.54) is 16.9 Å². The number of fused-ring (bicyclic) bond motifs is 2. The van der Waals surface area contributed by atoms with Crippen LogP contribution in [0.15, 0.2) is 55.0 Å². The van der Waals surface area contributed by atoms with E-state index < -0.39 is 0 Å². The van der Waals surface area contributed by atoms with Crippen LogP contribution in [0.3, 0.4) is 0 Å². The number of carbonyl (C=O) groups is 1. The van der Waals surface area contributed by atoms with Gasteiger partial charge in [0.2, 0.25) is 0 Å². The molecule has 4 heterocycles. The van der Waals surface area contributed by atoms with Crippen LogP contribution in [-0.2, 0) is 0 Å². The third kappa shape index (κ3) is 3.40. The summed E-state index contributed by atoms with van der Waals surface area (Å²) in [5.41, 5.74) is 3.50. The number of rotatable bonds is 3. The van der Waals surface area contributed by atoms with Gasteiger partial charge in [-0.3, -0.25) is 9.78 Å². The van der Waals surface area contributed by atoms with Gasteiger partial charge in [-0.1, -0.05) is 11.6 Å². The molecule has 0 saturated carbocycles. The zero-order valence-electron chi connectivity index (χ0n) is 18.1. The average molecular weight is 443 g/mol. The number of nitrogens with zero attached hydrogens (tertiary/aromatic N) is 7. The molecule has 2 aromatic heterocycles. The number of anilines is 1. The third-order valence-corrected chi connectivity index (χ3v) is 6.65. The van der Waals surface area contributed by atoms with Gasteiger partial charge in [-0.05, 0) is 37.6 Å². The van der Waals surface area contributed by atoms with Crippen LogP contribution in [-0.4, -0.2) is 61.4 Å². The molecule has 6 rings (SSSR count). The maximum Gasteiger partial charge on any atom is 0.256 e. The molecule has 2 fully saturated rings. The molecule has 0 N–H and O–H groups in total. The average Bonchev–Trinajstić information content (AvgIpc) is 3.34. The van der Waals surface area contributed by atoms with Crippen LogP contribution in [0.4, 0.5) is 10.2 Å². The summed E-state index contributed by atoms with van der Waals surface area (Å²) < 4.78 is 13.5. The molecule has 9 heteroatoms. The van der Waals surface area contributed by atoms with E-state index in [0.717, 1.165) is 30.9 Å². The molecule has 0 aliphatic carbocycles. The van der Waals surface area contributed by atoms with Crippen molar-refractivity contribution in [1.82, 2.24) is 29.9 Å². The highest BCUT2D eigenvalue weighted by atomic mass is 19.1. The van der Waals surface area contributed by atoms with Crippen LogP contribution >= 0.6 is 0 Å². The Bertz CT molecular complexity index is 1360. The Morgan fingerprint density at radius 3 is 2.76 bits per heavy atom. The Morgan fingerprint density at radius 2 is 1.91 bits per heavy atom. The second-order valence-corrected chi connectivity index (χ2v) is 8.72. The van der Waals surface area contributed by atoms with Gasteiger partial charge in [-0.25, -0.2) is 9.37 Å². The topological polar surface area (TPSA) is 80.0 Å². The summed E-state index contributed by atoms with van der Waals surface area (Å²) in [5, 5.41) is 8.43. The first kappa shape index (κ1) is 19.8. The van der Waals surface area contributed by atoms with E-state index >= 15 is 0 Å². The molecule has 2 atom stereocenters. The molecule has 0 unspecified atom stereocenters. The standard InChI is InChI=1S/C24H22FN7O/c1-15-2-5-21(32-27-7-8-28-32)18(10-15)24(33)31-13-16-6-9-30(14-22(16)31)23-12-26-20-11-17(25)3-4-19(20)29-23/h2-5,7-8,10-12,16,22H,6,9,13-14H2,1H3/t16-,22-/m1/s1. The van der Waals surface area contributed by atoms with Crippen LogP contribution in [0.2, 0.25) is 0 Å². The van der Waals surface area contributed by atoms with E-state index in [-0.39, 0.29) is 17.8 Å². The molecule has 2 aliphatic rings. The molecule has 4 aromatic rings. The van der Waals surface area contributed by atoms with Crippen LogP contribution in [0.25, 0.3) is 16.7 Å². The summed E-state index contributed by atoms with van der Waals surface area (Å²) in [6.45, 7) is 4.28. The van der Waals surface area contributed by atoms with Gasteiger partial charge in [-0.2, -0.15) is 15.0 Å². The van der Waals surface area contributed by atoms with Crippen molar-refractivity contribution in [3.8, 4) is 5.69 Å². The van der Waals surface area contributed by atoms with E-state index in [9.17, 15) is 9.18 Å². The van der Waals surface area contributed by atoms with Crippen molar-refractivity contribution in [3.63, 3.8) is 0 Å². The number of aromatic nitrogens is 5. The Kier molecular flexibility index (Phi) is 4.56. The molecule has 2 saturated heterocycles. The van der Waals surface area contributed by atoms with E-state index in [1.54, 1.807) is 24.7 Å². The fourth-order valence-corrected chi connectivity index (χ4v) is 4.85.